The highest BCUT2D eigenvalue weighted by molar-refractivity contribution is 7.08. The summed E-state index contributed by atoms with van der Waals surface area (Å²) in [5.74, 6) is -0.0223. The highest BCUT2D eigenvalue weighted by Gasteiger charge is 2.52. The van der Waals surface area contributed by atoms with Gasteiger partial charge in [0.05, 0.1) is 19.3 Å². The van der Waals surface area contributed by atoms with E-state index in [0.29, 0.717) is 29.0 Å². The molecule has 8 nitrogen and oxygen atoms in total. The number of hydrogen-bond acceptors (Lipinski definition) is 7. The van der Waals surface area contributed by atoms with Crippen LogP contribution in [0.5, 0.6) is 0 Å². The Balaban J connectivity index is 1.29. The number of amides is 1. The third-order valence-corrected chi connectivity index (χ3v) is 8.76. The number of quaternary nitrogens is 1. The molecule has 2 aromatic heterocycles. The van der Waals surface area contributed by atoms with Crippen molar-refractivity contribution in [1.82, 2.24) is 9.97 Å². The lowest BCUT2D eigenvalue weighted by Crippen LogP contribution is -2.66. The van der Waals surface area contributed by atoms with Gasteiger partial charge in [0.25, 0.3) is 5.91 Å². The SMILES string of the molecule is O=C(C[N+]12CCC(CC1)C(OC(=O)[C@](O)(c1ccsc1)C1CCCCC1)C2)Nc1cnccn1. The third-order valence-electron chi connectivity index (χ3n) is 8.08. The number of hydrogen-bond donors (Lipinski definition) is 2. The zero-order valence-electron chi connectivity index (χ0n) is 19.4. The lowest BCUT2D eigenvalue weighted by Gasteiger charge is -2.52. The van der Waals surface area contributed by atoms with E-state index in [1.54, 1.807) is 12.4 Å². The van der Waals surface area contributed by atoms with Gasteiger partial charge in [0, 0.05) is 42.6 Å². The molecular formula is C25H33N4O4S+. The molecule has 4 aliphatic rings. The smallest absolute Gasteiger partial charge is 0.343 e. The Morgan fingerprint density at radius 1 is 1.18 bits per heavy atom. The van der Waals surface area contributed by atoms with Crippen LogP contribution < -0.4 is 5.32 Å². The first-order valence-corrected chi connectivity index (χ1v) is 13.3. The van der Waals surface area contributed by atoms with Gasteiger partial charge in [-0.3, -0.25) is 9.78 Å². The normalized spacial score (nSPS) is 28.7. The zero-order chi connectivity index (χ0) is 23.6. The molecule has 0 spiro atoms. The van der Waals surface area contributed by atoms with Crippen molar-refractivity contribution >= 4 is 29.0 Å². The van der Waals surface area contributed by atoms with Gasteiger partial charge >= 0.3 is 5.97 Å². The molecule has 1 aliphatic carbocycles. The summed E-state index contributed by atoms with van der Waals surface area (Å²) in [7, 11) is 0. The van der Waals surface area contributed by atoms with Gasteiger partial charge in [0.2, 0.25) is 0 Å². The molecule has 5 heterocycles. The number of aliphatic hydroxyl groups is 1. The topological polar surface area (TPSA) is 101 Å². The second-order valence-corrected chi connectivity index (χ2v) is 10.9. The van der Waals surface area contributed by atoms with Crippen LogP contribution in [0, 0.1) is 11.8 Å². The zero-order valence-corrected chi connectivity index (χ0v) is 20.2. The Kier molecular flexibility index (Phi) is 6.68. The summed E-state index contributed by atoms with van der Waals surface area (Å²) in [5.41, 5.74) is -0.941. The molecule has 182 valence electrons. The summed E-state index contributed by atoms with van der Waals surface area (Å²) in [4.78, 5) is 34.5. The van der Waals surface area contributed by atoms with Crippen LogP contribution in [-0.2, 0) is 19.9 Å². The first-order valence-electron chi connectivity index (χ1n) is 12.4. The van der Waals surface area contributed by atoms with E-state index in [2.05, 4.69) is 15.3 Å². The number of thiophene rings is 1. The molecular weight excluding hydrogens is 452 g/mol. The fraction of sp³-hybridized carbons (Fsp3) is 0.600. The summed E-state index contributed by atoms with van der Waals surface area (Å²) >= 11 is 1.49. The third kappa shape index (κ3) is 4.61. The van der Waals surface area contributed by atoms with Crippen molar-refractivity contribution in [3.05, 3.63) is 41.0 Å². The van der Waals surface area contributed by atoms with Crippen LogP contribution in [0.4, 0.5) is 5.82 Å². The molecule has 9 heteroatoms. The van der Waals surface area contributed by atoms with Crippen molar-refractivity contribution in [2.24, 2.45) is 11.8 Å². The number of ether oxygens (including phenoxy) is 1. The first-order chi connectivity index (χ1) is 16.5. The Labute approximate surface area is 204 Å². The number of piperidine rings is 3. The maximum atomic E-state index is 13.6. The number of esters is 1. The predicted octanol–water partition coefficient (Wildman–Crippen LogP) is 3.10. The minimum atomic E-state index is -1.60. The Morgan fingerprint density at radius 3 is 2.65 bits per heavy atom. The van der Waals surface area contributed by atoms with Gasteiger partial charge in [-0.1, -0.05) is 19.3 Å². The van der Waals surface area contributed by atoms with Crippen LogP contribution in [0.25, 0.3) is 0 Å². The minimum absolute atomic E-state index is 0.108. The number of carbonyl (C=O) groups is 2. The summed E-state index contributed by atoms with van der Waals surface area (Å²) in [6.45, 7) is 2.71. The van der Waals surface area contributed by atoms with Crippen molar-refractivity contribution in [3.63, 3.8) is 0 Å². The standard InChI is InChI=1S/C25H32N4O4S/c30-23(28-22-14-26-9-10-27-22)16-29-11-6-18(7-12-29)21(15-29)33-24(31)25(32,20-8-13-34-17-20)19-4-2-1-3-5-19/h8-10,13-14,17-19,21,32H,1-7,11-12,15-16H2/p+1/t18?,21?,25-,29?/m1/s1. The number of nitrogens with zero attached hydrogens (tertiary/aromatic N) is 3. The number of rotatable bonds is 7. The van der Waals surface area contributed by atoms with E-state index in [1.807, 2.05) is 16.8 Å². The Morgan fingerprint density at radius 2 is 1.97 bits per heavy atom. The molecule has 1 unspecified atom stereocenters. The lowest BCUT2D eigenvalue weighted by molar-refractivity contribution is -0.939. The molecule has 2 bridgehead atoms. The summed E-state index contributed by atoms with van der Waals surface area (Å²) in [5, 5.41) is 18.4. The van der Waals surface area contributed by atoms with Crippen LogP contribution in [0.2, 0.25) is 0 Å². The average molecular weight is 486 g/mol. The number of nitrogens with one attached hydrogen (secondary N) is 1. The van der Waals surface area contributed by atoms with Crippen molar-refractivity contribution in [1.29, 1.82) is 0 Å². The van der Waals surface area contributed by atoms with Crippen LogP contribution in [0.3, 0.4) is 0 Å². The second kappa shape index (κ2) is 9.71. The summed E-state index contributed by atoms with van der Waals surface area (Å²) in [6.07, 6.45) is 11.0. The molecule has 3 saturated heterocycles. The molecule has 2 N–H and O–H groups in total. The second-order valence-electron chi connectivity index (χ2n) is 10.2. The van der Waals surface area contributed by atoms with Gasteiger partial charge in [-0.15, -0.1) is 0 Å². The van der Waals surface area contributed by atoms with Gasteiger partial charge < -0.3 is 19.6 Å². The van der Waals surface area contributed by atoms with E-state index >= 15 is 0 Å². The summed E-state index contributed by atoms with van der Waals surface area (Å²) < 4.78 is 6.74. The predicted molar refractivity (Wildman–Crippen MR) is 128 cm³/mol. The van der Waals surface area contributed by atoms with Crippen molar-refractivity contribution in [3.8, 4) is 0 Å². The van der Waals surface area contributed by atoms with Crippen LogP contribution in [0.15, 0.2) is 35.4 Å². The first kappa shape index (κ1) is 23.4. The van der Waals surface area contributed by atoms with Gasteiger partial charge in [-0.2, -0.15) is 11.3 Å². The lowest BCUT2D eigenvalue weighted by atomic mass is 9.74. The molecule has 6 rings (SSSR count). The molecule has 2 aromatic rings. The van der Waals surface area contributed by atoms with Crippen molar-refractivity contribution in [2.75, 3.05) is 31.5 Å². The van der Waals surface area contributed by atoms with E-state index in [9.17, 15) is 14.7 Å². The number of fused-ring (bicyclic) bond motifs is 3. The highest BCUT2D eigenvalue weighted by Crippen LogP contribution is 2.43. The van der Waals surface area contributed by atoms with E-state index in [1.165, 1.54) is 17.5 Å². The number of carbonyl (C=O) groups excluding carboxylic acids is 2. The maximum absolute atomic E-state index is 13.6. The Bertz CT molecular complexity index is 988. The van der Waals surface area contributed by atoms with E-state index < -0.39 is 11.6 Å². The monoisotopic (exact) mass is 485 g/mol. The van der Waals surface area contributed by atoms with E-state index in [-0.39, 0.29) is 23.8 Å². The molecule has 4 fully saturated rings. The van der Waals surface area contributed by atoms with Crippen LogP contribution in [0.1, 0.15) is 50.5 Å². The highest BCUT2D eigenvalue weighted by atomic mass is 32.1. The maximum Gasteiger partial charge on any atom is 0.343 e. The Hall–Kier alpha value is -2.36. The molecule has 2 atom stereocenters. The number of anilines is 1. The van der Waals surface area contributed by atoms with Crippen LogP contribution in [-0.4, -0.2) is 63.7 Å². The summed E-state index contributed by atoms with van der Waals surface area (Å²) in [6, 6.07) is 1.85. The molecule has 1 amide bonds. The molecule has 1 saturated carbocycles. The molecule has 0 radical (unpaired) electrons. The van der Waals surface area contributed by atoms with Gasteiger partial charge in [0.15, 0.2) is 24.1 Å². The van der Waals surface area contributed by atoms with E-state index in [0.717, 1.165) is 58.0 Å². The van der Waals surface area contributed by atoms with Crippen molar-refractivity contribution in [2.45, 2.75) is 56.7 Å². The van der Waals surface area contributed by atoms with Crippen LogP contribution >= 0.6 is 11.3 Å². The van der Waals surface area contributed by atoms with Gasteiger partial charge in [-0.25, -0.2) is 9.78 Å². The quantitative estimate of drug-likeness (QED) is 0.462. The van der Waals surface area contributed by atoms with Gasteiger partial charge in [0.1, 0.15) is 6.54 Å². The molecule has 0 aromatic carbocycles. The fourth-order valence-electron chi connectivity index (χ4n) is 6.18. The molecule has 3 aliphatic heterocycles. The van der Waals surface area contributed by atoms with Gasteiger partial charge in [-0.05, 0) is 29.7 Å². The van der Waals surface area contributed by atoms with E-state index in [4.69, 9.17) is 4.74 Å². The van der Waals surface area contributed by atoms with Crippen molar-refractivity contribution < 1.29 is 23.9 Å². The average Bonchev–Trinajstić information content (AvgIpc) is 3.40. The molecule has 34 heavy (non-hydrogen) atoms. The largest absolute Gasteiger partial charge is 0.454 e. The fourth-order valence-corrected chi connectivity index (χ4v) is 6.89. The number of aromatic nitrogens is 2. The minimum Gasteiger partial charge on any atom is -0.454 e.